The van der Waals surface area contributed by atoms with E-state index in [1.807, 2.05) is 0 Å². The molecule has 1 aliphatic carbocycles. The predicted octanol–water partition coefficient (Wildman–Crippen LogP) is 5.46. The number of carbonyl (C=O) groups excluding carboxylic acids is 1. The lowest BCUT2D eigenvalue weighted by Gasteiger charge is -2.35. The van der Waals surface area contributed by atoms with E-state index in [0.717, 1.165) is 13.8 Å². The third kappa shape index (κ3) is 6.66. The Bertz CT molecular complexity index is 1300. The number of nitrogens with one attached hydrogen (secondary N) is 1. The van der Waals surface area contributed by atoms with Gasteiger partial charge in [0.2, 0.25) is 0 Å². The van der Waals surface area contributed by atoms with Gasteiger partial charge in [-0.3, -0.25) is 9.48 Å². The van der Waals surface area contributed by atoms with Crippen molar-refractivity contribution in [2.24, 2.45) is 5.41 Å². The highest BCUT2D eigenvalue weighted by Gasteiger charge is 2.47. The molecule has 2 N–H and O–H groups in total. The summed E-state index contributed by atoms with van der Waals surface area (Å²) in [6.07, 6.45) is -2.43. The van der Waals surface area contributed by atoms with Gasteiger partial charge in [-0.25, -0.2) is 8.42 Å². The summed E-state index contributed by atoms with van der Waals surface area (Å²) in [7, 11) is -3.20. The summed E-state index contributed by atoms with van der Waals surface area (Å²) in [6, 6.07) is 4.56. The van der Waals surface area contributed by atoms with Gasteiger partial charge in [0, 0.05) is 24.9 Å². The van der Waals surface area contributed by atoms with Crippen molar-refractivity contribution in [1.29, 1.82) is 0 Å². The topological polar surface area (TPSA) is 101 Å². The maximum absolute atomic E-state index is 13.3. The number of aliphatic hydroxyl groups is 1. The third-order valence-corrected chi connectivity index (χ3v) is 9.51. The van der Waals surface area contributed by atoms with E-state index in [1.165, 1.54) is 17.0 Å². The van der Waals surface area contributed by atoms with Crippen LogP contribution in [0.1, 0.15) is 62.5 Å². The average molecular weight is 599 g/mol. The van der Waals surface area contributed by atoms with E-state index in [9.17, 15) is 31.5 Å². The van der Waals surface area contributed by atoms with Crippen molar-refractivity contribution < 1.29 is 31.5 Å². The molecule has 1 amide bonds. The van der Waals surface area contributed by atoms with Gasteiger partial charge in [0.1, 0.15) is 9.84 Å². The number of rotatable bonds is 8. The van der Waals surface area contributed by atoms with Gasteiger partial charge in [-0.1, -0.05) is 49.2 Å². The molecular formula is C25H32Cl2F3N3O4S. The van der Waals surface area contributed by atoms with Crippen LogP contribution in [0.2, 0.25) is 10.0 Å². The minimum Gasteiger partial charge on any atom is -0.388 e. The van der Waals surface area contributed by atoms with Crippen molar-refractivity contribution >= 4 is 38.9 Å². The van der Waals surface area contributed by atoms with Gasteiger partial charge in [0.25, 0.3) is 5.91 Å². The summed E-state index contributed by atoms with van der Waals surface area (Å²) in [5.41, 5.74) is -2.12. The molecule has 0 radical (unpaired) electrons. The second-order valence-electron chi connectivity index (χ2n) is 10.6. The lowest BCUT2D eigenvalue weighted by atomic mass is 9.84. The van der Waals surface area contributed by atoms with E-state index in [-0.39, 0.29) is 41.5 Å². The molecule has 0 saturated heterocycles. The first-order valence-electron chi connectivity index (χ1n) is 12.2. The molecule has 0 bridgehead atoms. The number of alkyl halides is 3. The van der Waals surface area contributed by atoms with Gasteiger partial charge in [-0.15, -0.1) is 0 Å². The number of sulfone groups is 1. The van der Waals surface area contributed by atoms with Gasteiger partial charge in [0.15, 0.2) is 5.69 Å². The molecule has 1 saturated carbocycles. The minimum absolute atomic E-state index is 0.0161. The Hall–Kier alpha value is -1.82. The van der Waals surface area contributed by atoms with E-state index < -0.39 is 38.2 Å². The molecule has 1 heterocycles. The van der Waals surface area contributed by atoms with E-state index in [1.54, 1.807) is 19.1 Å². The van der Waals surface area contributed by atoms with Crippen molar-refractivity contribution in [2.75, 3.05) is 12.8 Å². The van der Waals surface area contributed by atoms with Crippen LogP contribution in [0.3, 0.4) is 0 Å². The molecule has 7 nitrogen and oxygen atoms in total. The molecule has 0 aliphatic heterocycles. The Kier molecular flexibility index (Phi) is 8.88. The van der Waals surface area contributed by atoms with Crippen molar-refractivity contribution in [3.8, 4) is 11.3 Å². The number of aryl methyl sites for hydroxylation is 1. The summed E-state index contributed by atoms with van der Waals surface area (Å²) in [4.78, 5) is 13.0. The highest BCUT2D eigenvalue weighted by Crippen LogP contribution is 2.42. The summed E-state index contributed by atoms with van der Waals surface area (Å²) in [5, 5.41) is 17.5. The van der Waals surface area contributed by atoms with Gasteiger partial charge in [0.05, 0.1) is 32.0 Å². The molecule has 1 aliphatic rings. The summed E-state index contributed by atoms with van der Waals surface area (Å²) < 4.78 is 65.0. The smallest absolute Gasteiger partial charge is 0.388 e. The van der Waals surface area contributed by atoms with Crippen LogP contribution in [0.5, 0.6) is 0 Å². The molecule has 3 rings (SSSR count). The first-order valence-corrected chi connectivity index (χ1v) is 14.9. The standard InChI is InChI=1S/C25H32Cl2F3N3O4S/c1-5-33-21(17-7-6-15(12-18(17)26)13-23(2,3)25(28,29)30)19(27)20(32-33)22(34)31-14-24(35)10-8-16(9-11-24)38(4,36)37/h6-7,12,16,35H,5,8-11,13-14H2,1-4H3,(H,31,34). The molecule has 0 atom stereocenters. The molecule has 2 aromatic rings. The number of hydrogen-bond acceptors (Lipinski definition) is 5. The maximum Gasteiger partial charge on any atom is 0.394 e. The lowest BCUT2D eigenvalue weighted by molar-refractivity contribution is -0.211. The van der Waals surface area contributed by atoms with Crippen molar-refractivity contribution in [2.45, 2.75) is 76.4 Å². The van der Waals surface area contributed by atoms with Crippen LogP contribution in [-0.2, 0) is 22.8 Å². The van der Waals surface area contributed by atoms with Crippen LogP contribution in [0.15, 0.2) is 18.2 Å². The van der Waals surface area contributed by atoms with E-state index >= 15 is 0 Å². The number of hydrogen-bond donors (Lipinski definition) is 2. The Balaban J connectivity index is 1.79. The van der Waals surface area contributed by atoms with Crippen molar-refractivity contribution in [1.82, 2.24) is 15.1 Å². The first kappa shape index (κ1) is 30.7. The molecule has 1 aromatic heterocycles. The minimum atomic E-state index is -4.38. The van der Waals surface area contributed by atoms with E-state index in [4.69, 9.17) is 23.2 Å². The highest BCUT2D eigenvalue weighted by atomic mass is 35.5. The largest absolute Gasteiger partial charge is 0.394 e. The second kappa shape index (κ2) is 11.0. The molecular weight excluding hydrogens is 566 g/mol. The number of amides is 1. The average Bonchev–Trinajstić information content (AvgIpc) is 3.12. The molecule has 0 unspecified atom stereocenters. The van der Waals surface area contributed by atoms with Crippen molar-refractivity contribution in [3.05, 3.63) is 39.5 Å². The molecule has 38 heavy (non-hydrogen) atoms. The fourth-order valence-corrected chi connectivity index (χ4v) is 6.31. The fourth-order valence-electron chi connectivity index (χ4n) is 4.60. The van der Waals surface area contributed by atoms with E-state index in [0.29, 0.717) is 36.2 Å². The van der Waals surface area contributed by atoms with Crippen LogP contribution >= 0.6 is 23.2 Å². The monoisotopic (exact) mass is 597 g/mol. The Labute approximate surface area is 230 Å². The van der Waals surface area contributed by atoms with E-state index in [2.05, 4.69) is 10.4 Å². The Morgan fingerprint density at radius 1 is 1.24 bits per heavy atom. The number of benzene rings is 1. The maximum atomic E-state index is 13.3. The molecule has 0 spiro atoms. The summed E-state index contributed by atoms with van der Waals surface area (Å²) in [5.74, 6) is -0.623. The van der Waals surface area contributed by atoms with Gasteiger partial charge in [-0.05, 0) is 50.7 Å². The molecule has 1 aromatic carbocycles. The zero-order valence-electron chi connectivity index (χ0n) is 21.6. The lowest BCUT2D eigenvalue weighted by Crippen LogP contribution is -2.47. The predicted molar refractivity (Wildman–Crippen MR) is 141 cm³/mol. The fraction of sp³-hybridized carbons (Fsp3) is 0.600. The number of nitrogens with zero attached hydrogens (tertiary/aromatic N) is 2. The SMILES string of the molecule is CCn1nc(C(=O)NCC2(O)CCC(S(C)(=O)=O)CC2)c(Cl)c1-c1ccc(CC(C)(C)C(F)(F)F)cc1Cl. The van der Waals surface area contributed by atoms with Gasteiger partial charge < -0.3 is 10.4 Å². The molecule has 13 heteroatoms. The number of aromatic nitrogens is 2. The Morgan fingerprint density at radius 3 is 2.34 bits per heavy atom. The second-order valence-corrected chi connectivity index (χ2v) is 13.7. The number of halogens is 5. The number of carbonyl (C=O) groups is 1. The van der Waals surface area contributed by atoms with Gasteiger partial charge >= 0.3 is 6.18 Å². The normalized spacial score (nSPS) is 20.9. The van der Waals surface area contributed by atoms with Crippen LogP contribution in [0.4, 0.5) is 13.2 Å². The summed E-state index contributed by atoms with van der Waals surface area (Å²) in [6.45, 7) is 4.26. The van der Waals surface area contributed by atoms with Crippen molar-refractivity contribution in [3.63, 3.8) is 0 Å². The zero-order chi connectivity index (χ0) is 28.7. The Morgan fingerprint density at radius 2 is 1.84 bits per heavy atom. The summed E-state index contributed by atoms with van der Waals surface area (Å²) >= 11 is 13.0. The third-order valence-electron chi connectivity index (χ3n) is 7.16. The van der Waals surface area contributed by atoms with Crippen LogP contribution in [0.25, 0.3) is 11.3 Å². The zero-order valence-corrected chi connectivity index (χ0v) is 24.0. The quantitative estimate of drug-likeness (QED) is 0.421. The van der Waals surface area contributed by atoms with Crippen LogP contribution in [0, 0.1) is 5.41 Å². The van der Waals surface area contributed by atoms with Gasteiger partial charge in [-0.2, -0.15) is 18.3 Å². The van der Waals surface area contributed by atoms with Crippen LogP contribution in [-0.4, -0.2) is 59.0 Å². The highest BCUT2D eigenvalue weighted by molar-refractivity contribution is 7.91. The molecule has 212 valence electrons. The molecule has 1 fully saturated rings. The van der Waals surface area contributed by atoms with Crippen LogP contribution < -0.4 is 5.32 Å². The first-order chi connectivity index (χ1) is 17.4.